The van der Waals surface area contributed by atoms with E-state index < -0.39 is 0 Å². The van der Waals surface area contributed by atoms with Crippen molar-refractivity contribution in [3.05, 3.63) is 179 Å². The van der Waals surface area contributed by atoms with Crippen molar-refractivity contribution in [2.45, 2.75) is 88.0 Å². The number of aryl methyl sites for hydroxylation is 5. The Kier molecular flexibility index (Phi) is 41.7. The van der Waals surface area contributed by atoms with Crippen LogP contribution in [-0.2, 0) is 0 Å². The lowest BCUT2D eigenvalue weighted by Crippen LogP contribution is -2.20. The summed E-state index contributed by atoms with van der Waals surface area (Å²) in [7, 11) is 27.6. The molecule has 4 aliphatic carbocycles. The maximum atomic E-state index is 5.64. The summed E-state index contributed by atoms with van der Waals surface area (Å²) < 4.78 is 0. The fraction of sp³-hybridized carbons (Fsp3) is 0.308. The average molecular weight is 2140 g/mol. The van der Waals surface area contributed by atoms with Gasteiger partial charge in [-0.2, -0.15) is 135 Å². The molecule has 0 radical (unpaired) electrons. The molecule has 18 rings (SSSR count). The maximum absolute atomic E-state index is 5.64. The number of anilines is 32. The molecule has 30 N–H and O–H groups in total. The molecule has 0 spiro atoms. The minimum atomic E-state index is 0.116. The minimum Gasteiger partial charge on any atom is -0.368 e. The van der Waals surface area contributed by atoms with Gasteiger partial charge >= 0.3 is 0 Å². The molecular formula is C91H128N54S5. The van der Waals surface area contributed by atoms with Gasteiger partial charge in [-0.15, -0.1) is 56.7 Å². The van der Waals surface area contributed by atoms with Crippen LogP contribution in [0.2, 0.25) is 0 Å². The van der Waals surface area contributed by atoms with E-state index in [1.54, 1.807) is 102 Å². The summed E-state index contributed by atoms with van der Waals surface area (Å²) in [6.07, 6.45) is 20.2. The fourth-order valence-electron chi connectivity index (χ4n) is 12.4. The van der Waals surface area contributed by atoms with Gasteiger partial charge in [-0.25, -0.2) is 0 Å². The van der Waals surface area contributed by atoms with Gasteiger partial charge in [0.1, 0.15) is 0 Å². The third-order valence-corrected chi connectivity index (χ3v) is 24.5. The van der Waals surface area contributed by atoms with Crippen LogP contribution in [0.5, 0.6) is 0 Å². The summed E-state index contributed by atoms with van der Waals surface area (Å²) in [6.45, 7) is 18.5. The smallest absolute Gasteiger partial charge is 0.236 e. The van der Waals surface area contributed by atoms with E-state index in [1.807, 2.05) is 178 Å². The number of nitrogens with zero attached hydrogens (tertiary/aromatic N) is 33. The highest BCUT2D eigenvalue weighted by atomic mass is 32.1. The van der Waals surface area contributed by atoms with Gasteiger partial charge in [0.25, 0.3) is 0 Å². The third-order valence-electron chi connectivity index (χ3n) is 19.7. The van der Waals surface area contributed by atoms with Crippen molar-refractivity contribution in [3.8, 4) is 0 Å². The number of nitrogen functional groups attached to an aromatic ring is 9. The molecule has 0 unspecified atom stereocenters. The lowest BCUT2D eigenvalue weighted by Gasteiger charge is -2.18. The number of hydrogen-bond acceptors (Lipinski definition) is 59. The van der Waals surface area contributed by atoms with Crippen molar-refractivity contribution in [1.82, 2.24) is 135 Å². The van der Waals surface area contributed by atoms with Crippen molar-refractivity contribution in [3.63, 3.8) is 0 Å². The molecule has 0 amide bonds. The van der Waals surface area contributed by atoms with Crippen LogP contribution in [0.4, 0.5) is 186 Å². The lowest BCUT2D eigenvalue weighted by molar-refractivity contribution is 0.920. The molecule has 0 bridgehead atoms. The number of thiophene rings is 5. The number of nitrogens with two attached hydrogens (primary N) is 9. The molecule has 0 atom stereocenters. The first-order valence-electron chi connectivity index (χ1n) is 45.8. The van der Waals surface area contributed by atoms with Gasteiger partial charge in [0.2, 0.25) is 161 Å². The van der Waals surface area contributed by atoms with E-state index in [0.717, 1.165) is 73.5 Å². The zero-order chi connectivity index (χ0) is 109. The summed E-state index contributed by atoms with van der Waals surface area (Å²) >= 11 is 8.27. The number of hydrogen-bond donors (Lipinski definition) is 21. The van der Waals surface area contributed by atoms with Crippen LogP contribution in [0.15, 0.2) is 154 Å². The van der Waals surface area contributed by atoms with Crippen molar-refractivity contribution < 1.29 is 0 Å². The second-order valence-electron chi connectivity index (χ2n) is 33.0. The van der Waals surface area contributed by atoms with Crippen molar-refractivity contribution in [2.75, 3.05) is 251 Å². The van der Waals surface area contributed by atoms with Crippen LogP contribution in [0, 0.1) is 34.6 Å². The van der Waals surface area contributed by atoms with Crippen LogP contribution in [-0.4, -0.2) is 240 Å². The number of nitrogens with one attached hydrogen (secondary N) is 12. The van der Waals surface area contributed by atoms with Gasteiger partial charge in [0, 0.05) is 153 Å². The minimum absolute atomic E-state index is 0.116. The first kappa shape index (κ1) is 114. The second kappa shape index (κ2) is 54.9. The summed E-state index contributed by atoms with van der Waals surface area (Å²) in [5, 5.41) is 41.2. The number of allylic oxidation sites excluding steroid dienone is 12. The van der Waals surface area contributed by atoms with Gasteiger partial charge in [0.05, 0.1) is 25.0 Å². The van der Waals surface area contributed by atoms with Gasteiger partial charge in [-0.3, -0.25) is 0 Å². The quantitative estimate of drug-likeness (QED) is 0.0227. The Labute approximate surface area is 888 Å². The van der Waals surface area contributed by atoms with Crippen LogP contribution < -0.4 is 145 Å². The van der Waals surface area contributed by atoms with E-state index in [2.05, 4.69) is 282 Å². The van der Waals surface area contributed by atoms with E-state index in [1.165, 1.54) is 46.7 Å². The SMILES string of the molecule is CC1=C(N(C)c2nc(N)nc(N)n2)C=CC1.CC1=C(Nc2nc(N)nc(N(C)C)n2)C=CC1.CC1=C(Nc2nc(N)nc(N)n2)C=CC1.CNc1nc(N)nc(N(C)c2ccc(C)s2)n1.CNc1nc(N)nc(NC2=CCC(C)=C2)n1.CNc1nc(N)nc(Nc2ccc(C)s2)n1.CNc1nc(NC)nc(Nc2ccc(C)s2)n1.Cc1ccc(Nc2nc(N(C)C)nc(N(C)C)n2)s1.Cc1ccc(Nc2nc(N)nc(N(C)C)n2)s1. The van der Waals surface area contributed by atoms with E-state index in [0.29, 0.717) is 107 Å². The van der Waals surface area contributed by atoms with E-state index in [-0.39, 0.29) is 53.5 Å². The van der Waals surface area contributed by atoms with Crippen molar-refractivity contribution in [2.24, 2.45) is 0 Å². The third kappa shape index (κ3) is 36.4. The molecule has 14 aromatic rings. The summed E-state index contributed by atoms with van der Waals surface area (Å²) in [6, 6.07) is 20.2. The molecular weight excluding hydrogens is 2010 g/mol. The molecule has 0 aliphatic heterocycles. The fourth-order valence-corrected chi connectivity index (χ4v) is 16.2. The molecule has 4 aliphatic rings. The molecule has 59 heteroatoms. The van der Waals surface area contributed by atoms with Gasteiger partial charge < -0.3 is 145 Å². The molecule has 14 heterocycles. The Morgan fingerprint density at radius 3 is 0.820 bits per heavy atom. The highest BCUT2D eigenvalue weighted by molar-refractivity contribution is 7.17. The number of rotatable bonds is 27. The van der Waals surface area contributed by atoms with Crippen LogP contribution in [0.25, 0.3) is 0 Å². The first-order chi connectivity index (χ1) is 71.4. The first-order valence-corrected chi connectivity index (χ1v) is 49.9. The Morgan fingerprint density at radius 1 is 0.240 bits per heavy atom. The van der Waals surface area contributed by atoms with Crippen molar-refractivity contribution in [1.29, 1.82) is 0 Å². The van der Waals surface area contributed by atoms with Gasteiger partial charge in [0.15, 0.2) is 0 Å². The Morgan fingerprint density at radius 2 is 0.500 bits per heavy atom. The van der Waals surface area contributed by atoms with Crippen LogP contribution in [0.1, 0.15) is 77.8 Å². The Bertz CT molecular complexity index is 7000. The molecule has 0 saturated carbocycles. The van der Waals surface area contributed by atoms with Crippen LogP contribution >= 0.6 is 56.7 Å². The van der Waals surface area contributed by atoms with Crippen molar-refractivity contribution >= 4 is 242 Å². The normalized spacial score (nSPS) is 12.1. The van der Waals surface area contributed by atoms with E-state index in [9.17, 15) is 0 Å². The lowest BCUT2D eigenvalue weighted by atomic mass is 10.2. The number of aromatic nitrogens is 27. The van der Waals surface area contributed by atoms with E-state index >= 15 is 0 Å². The van der Waals surface area contributed by atoms with Gasteiger partial charge in [-0.1, -0.05) is 29.9 Å². The Hall–Kier alpha value is -17.9. The molecule has 0 fully saturated rings. The highest BCUT2D eigenvalue weighted by Gasteiger charge is 2.20. The zero-order valence-electron chi connectivity index (χ0n) is 87.7. The van der Waals surface area contributed by atoms with Gasteiger partial charge in [-0.05, 0) is 190 Å². The molecule has 792 valence electrons. The number of likely N-dealkylation sites (N-methyl/N-ethyl adjacent to an activating group) is 1. The summed E-state index contributed by atoms with van der Waals surface area (Å²) in [4.78, 5) is 127. The van der Waals surface area contributed by atoms with Crippen LogP contribution in [0.3, 0.4) is 0 Å². The molecule has 0 aromatic carbocycles. The predicted octanol–water partition coefficient (Wildman–Crippen LogP) is 12.8. The monoisotopic (exact) mass is 2140 g/mol. The summed E-state index contributed by atoms with van der Waals surface area (Å²) in [5.74, 6) is 10.6. The van der Waals surface area contributed by atoms with E-state index in [4.69, 9.17) is 51.6 Å². The topological polar surface area (TPSA) is 746 Å². The molecule has 150 heavy (non-hydrogen) atoms. The molecule has 14 aromatic heterocycles. The zero-order valence-corrected chi connectivity index (χ0v) is 91.8. The standard InChI is InChI=1S/C12H18N6S.C11H16N6.3C10H14N6S.2C10H14N6.C9H12N6S.C9H12N6/c1-8-6-7-9(19-8)13-10-14-11(17(2)3)16-12(15-10)18(4)5;1-7-5-4-6-8(7)13-10-14-9(12)15-11(16-10)17(2)3;1-6-4-5-7(17-6)12-9-13-8(11)14-10(15-9)16(2)3;1-6-4-5-7(17-6)16(3)10-14-8(11)13-9(12-2)15-10;1-6-4-5-7(17-6)13-10-15-8(11-2)14-9(12-3)16-10;1-6-3-4-7(5-6)13-10-15-8(11)14-9(12-2)16-10;1-6-4-3-5-7(6)16(2)10-14-8(11)13-9(12)15-10;1-5-3-4-6(16-5)12-9-14-7(10)13-8(11-2)15-9;1-5-3-2-4-6(5)12-9-14-7(10)13-8(11)15-9/h6-7H,1-5H3,(H,13,14,15,16);4,6H,5H2,1-3H3,(H3,12,13,14,15,16);2*4-5H,1-3H3,(H3,11,12,13,14,15);4-5H,1-3H3,(H3,11,12,13,14,15,16);4-5H,3H2,1-2H3,(H4,11,12,13,14,15,16);3,5H,4H2,1-2H3,(H4,11,12,13,14,15);3-4H,1-2H3,(H4,10,11,12,13,14,15);2,4H,3H2,1H3,(H5,10,11,12,13,14,15). The molecule has 0 saturated heterocycles. The highest BCUT2D eigenvalue weighted by Crippen LogP contribution is 2.34. The average Bonchev–Trinajstić information content (AvgIpc) is 1.77. The predicted molar refractivity (Wildman–Crippen MR) is 615 cm³/mol. The Balaban J connectivity index is 0.000000172. The largest absolute Gasteiger partial charge is 0.368 e. The summed E-state index contributed by atoms with van der Waals surface area (Å²) in [5.41, 5.74) is 59.1. The second-order valence-corrected chi connectivity index (χ2v) is 39.4. The molecule has 54 nitrogen and oxygen atoms in total. The maximum Gasteiger partial charge on any atom is 0.236 e.